The molecule has 0 spiro atoms. The Kier molecular flexibility index (Phi) is 8.03. The number of aliphatic imine (C=N–C) groups is 1. The molecule has 29 heavy (non-hydrogen) atoms. The topological polar surface area (TPSA) is 54.9 Å². The zero-order valence-electron chi connectivity index (χ0n) is 16.9. The van der Waals surface area contributed by atoms with Gasteiger partial charge in [0.2, 0.25) is 0 Å². The van der Waals surface area contributed by atoms with E-state index in [4.69, 9.17) is 9.47 Å². The van der Waals surface area contributed by atoms with Crippen LogP contribution in [0, 0.1) is 5.92 Å². The van der Waals surface area contributed by atoms with E-state index in [1.54, 1.807) is 0 Å². The van der Waals surface area contributed by atoms with Crippen molar-refractivity contribution in [2.45, 2.75) is 31.7 Å². The monoisotopic (exact) mass is 507 g/mol. The Labute approximate surface area is 190 Å². The van der Waals surface area contributed by atoms with Crippen LogP contribution in [0.15, 0.2) is 53.5 Å². The normalized spacial score (nSPS) is 18.1. The van der Waals surface area contributed by atoms with Crippen molar-refractivity contribution in [1.29, 1.82) is 0 Å². The molecular formula is C23H30IN3O2. The van der Waals surface area contributed by atoms with Crippen LogP contribution in [-0.4, -0.2) is 32.8 Å². The Bertz CT molecular complexity index is 823. The van der Waals surface area contributed by atoms with Crippen molar-refractivity contribution in [3.8, 4) is 11.5 Å². The molecule has 0 bridgehead atoms. The number of halogens is 1. The van der Waals surface area contributed by atoms with E-state index in [-0.39, 0.29) is 24.0 Å². The number of para-hydroxylation sites is 2. The summed E-state index contributed by atoms with van der Waals surface area (Å²) < 4.78 is 11.8. The Balaban J connectivity index is 0.00000240. The predicted molar refractivity (Wildman–Crippen MR) is 128 cm³/mol. The number of guanidine groups is 1. The molecule has 6 heteroatoms. The number of nitrogens with zero attached hydrogens (tertiary/aromatic N) is 1. The summed E-state index contributed by atoms with van der Waals surface area (Å²) in [5.74, 6) is 3.96. The number of ether oxygens (including phenoxy) is 2. The third-order valence-corrected chi connectivity index (χ3v) is 5.41. The van der Waals surface area contributed by atoms with Crippen LogP contribution in [-0.2, 0) is 6.54 Å². The molecule has 1 aliphatic heterocycles. The lowest BCUT2D eigenvalue weighted by molar-refractivity contribution is 0.267. The minimum Gasteiger partial charge on any atom is -0.493 e. The van der Waals surface area contributed by atoms with E-state index in [0.717, 1.165) is 55.1 Å². The van der Waals surface area contributed by atoms with Crippen LogP contribution in [0.2, 0.25) is 0 Å². The summed E-state index contributed by atoms with van der Waals surface area (Å²) in [5, 5.41) is 6.89. The van der Waals surface area contributed by atoms with E-state index in [1.165, 1.54) is 18.4 Å². The van der Waals surface area contributed by atoms with Gasteiger partial charge in [0.1, 0.15) is 11.5 Å². The van der Waals surface area contributed by atoms with Gasteiger partial charge < -0.3 is 20.1 Å². The predicted octanol–water partition coefficient (Wildman–Crippen LogP) is 4.32. The molecule has 1 unspecified atom stereocenters. The van der Waals surface area contributed by atoms with Crippen molar-refractivity contribution in [1.82, 2.24) is 10.6 Å². The molecule has 2 aromatic rings. The highest BCUT2D eigenvalue weighted by Gasteiger charge is 2.23. The number of hydrogen-bond donors (Lipinski definition) is 2. The summed E-state index contributed by atoms with van der Waals surface area (Å²) in [5.41, 5.74) is 2.43. The number of fused-ring (bicyclic) bond motifs is 1. The zero-order chi connectivity index (χ0) is 19.2. The largest absolute Gasteiger partial charge is 0.493 e. The van der Waals surface area contributed by atoms with E-state index in [9.17, 15) is 0 Å². The fourth-order valence-corrected chi connectivity index (χ4v) is 3.53. The van der Waals surface area contributed by atoms with Crippen molar-refractivity contribution in [3.63, 3.8) is 0 Å². The van der Waals surface area contributed by atoms with Gasteiger partial charge in [-0.15, -0.1) is 24.0 Å². The molecule has 1 heterocycles. The van der Waals surface area contributed by atoms with E-state index in [0.29, 0.717) is 12.5 Å². The molecule has 5 nitrogen and oxygen atoms in total. The molecule has 1 atom stereocenters. The Hall–Kier alpha value is -1.96. The summed E-state index contributed by atoms with van der Waals surface area (Å²) in [6, 6.07) is 16.5. The molecule has 2 aromatic carbocycles. The maximum Gasteiger partial charge on any atom is 0.191 e. The first kappa shape index (κ1) is 21.7. The molecule has 4 rings (SSSR count). The van der Waals surface area contributed by atoms with Gasteiger partial charge in [-0.25, -0.2) is 0 Å². The molecule has 0 amide bonds. The molecular weight excluding hydrogens is 477 g/mol. The molecule has 0 saturated heterocycles. The lowest BCUT2D eigenvalue weighted by Gasteiger charge is -2.26. The average Bonchev–Trinajstić information content (AvgIpc) is 3.57. The second-order valence-electron chi connectivity index (χ2n) is 7.54. The van der Waals surface area contributed by atoms with Gasteiger partial charge in [0.25, 0.3) is 0 Å². The van der Waals surface area contributed by atoms with E-state index in [2.05, 4.69) is 46.0 Å². The molecule has 1 saturated carbocycles. The molecule has 0 radical (unpaired) electrons. The highest BCUT2D eigenvalue weighted by Crippen LogP contribution is 2.33. The quantitative estimate of drug-likeness (QED) is 0.333. The molecule has 2 N–H and O–H groups in total. The lowest BCUT2D eigenvalue weighted by atomic mass is 9.93. The van der Waals surface area contributed by atoms with E-state index < -0.39 is 0 Å². The van der Waals surface area contributed by atoms with Crippen LogP contribution in [0.5, 0.6) is 11.5 Å². The van der Waals surface area contributed by atoms with Gasteiger partial charge in [0.15, 0.2) is 5.96 Å². The van der Waals surface area contributed by atoms with Crippen molar-refractivity contribution < 1.29 is 9.47 Å². The van der Waals surface area contributed by atoms with Gasteiger partial charge in [-0.3, -0.25) is 4.99 Å². The molecule has 0 aromatic heterocycles. The van der Waals surface area contributed by atoms with Gasteiger partial charge >= 0.3 is 0 Å². The van der Waals surface area contributed by atoms with Crippen LogP contribution < -0.4 is 20.1 Å². The summed E-state index contributed by atoms with van der Waals surface area (Å²) in [6.07, 6.45) is 3.61. The fourth-order valence-electron chi connectivity index (χ4n) is 3.53. The Morgan fingerprint density at radius 2 is 1.86 bits per heavy atom. The zero-order valence-corrected chi connectivity index (χ0v) is 19.2. The van der Waals surface area contributed by atoms with Crippen LogP contribution in [0.1, 0.15) is 36.3 Å². The number of nitrogens with one attached hydrogen (secondary N) is 2. The third-order valence-electron chi connectivity index (χ3n) is 5.41. The summed E-state index contributed by atoms with van der Waals surface area (Å²) in [4.78, 5) is 4.38. The smallest absolute Gasteiger partial charge is 0.191 e. The van der Waals surface area contributed by atoms with Crippen molar-refractivity contribution >= 4 is 29.9 Å². The highest BCUT2D eigenvalue weighted by atomic mass is 127. The lowest BCUT2D eigenvalue weighted by Crippen LogP contribution is -2.39. The SMILES string of the molecule is CN=C(NCc1ccccc1OCC1CC1)NCC1CCOc2ccccc21.I. The van der Waals surface area contributed by atoms with Crippen LogP contribution >= 0.6 is 24.0 Å². The molecule has 1 aliphatic carbocycles. The minimum atomic E-state index is 0. The summed E-state index contributed by atoms with van der Waals surface area (Å²) >= 11 is 0. The molecule has 156 valence electrons. The summed E-state index contributed by atoms with van der Waals surface area (Å²) in [6.45, 7) is 3.11. The maximum atomic E-state index is 6.01. The van der Waals surface area contributed by atoms with E-state index in [1.807, 2.05) is 25.2 Å². The van der Waals surface area contributed by atoms with Gasteiger partial charge in [0, 0.05) is 31.6 Å². The van der Waals surface area contributed by atoms with Gasteiger partial charge in [-0.1, -0.05) is 36.4 Å². The number of rotatable bonds is 7. The van der Waals surface area contributed by atoms with Gasteiger partial charge in [-0.05, 0) is 42.9 Å². The first-order valence-corrected chi connectivity index (χ1v) is 10.2. The van der Waals surface area contributed by atoms with Gasteiger partial charge in [-0.2, -0.15) is 0 Å². The Morgan fingerprint density at radius 1 is 1.07 bits per heavy atom. The van der Waals surface area contributed by atoms with Crippen LogP contribution in [0.25, 0.3) is 0 Å². The van der Waals surface area contributed by atoms with Crippen molar-refractivity contribution in [2.75, 3.05) is 26.8 Å². The van der Waals surface area contributed by atoms with Gasteiger partial charge in [0.05, 0.1) is 13.2 Å². The minimum absolute atomic E-state index is 0. The second kappa shape index (κ2) is 10.7. The summed E-state index contributed by atoms with van der Waals surface area (Å²) in [7, 11) is 1.81. The van der Waals surface area contributed by atoms with Crippen LogP contribution in [0.4, 0.5) is 0 Å². The first-order chi connectivity index (χ1) is 13.8. The third kappa shape index (κ3) is 6.01. The maximum absolute atomic E-state index is 6.01. The standard InChI is InChI=1S/C23H29N3O2.HI/c1-24-23(25-14-18-12-13-27-22-9-5-3-7-20(18)22)26-15-19-6-2-4-8-21(19)28-16-17-10-11-17;/h2-9,17-18H,10-16H2,1H3,(H2,24,25,26);1H. The van der Waals surface area contributed by atoms with E-state index >= 15 is 0 Å². The number of hydrogen-bond acceptors (Lipinski definition) is 3. The van der Waals surface area contributed by atoms with Crippen LogP contribution in [0.3, 0.4) is 0 Å². The van der Waals surface area contributed by atoms with Crippen molar-refractivity contribution in [2.24, 2.45) is 10.9 Å². The molecule has 1 fully saturated rings. The average molecular weight is 507 g/mol. The fraction of sp³-hybridized carbons (Fsp3) is 0.435. The second-order valence-corrected chi connectivity index (χ2v) is 7.54. The Morgan fingerprint density at radius 3 is 2.69 bits per heavy atom. The first-order valence-electron chi connectivity index (χ1n) is 10.2. The number of benzene rings is 2. The molecule has 2 aliphatic rings. The van der Waals surface area contributed by atoms with Crippen molar-refractivity contribution in [3.05, 3.63) is 59.7 Å². The highest BCUT2D eigenvalue weighted by molar-refractivity contribution is 14.0.